The molecule has 0 aliphatic carbocycles. The number of nitrogens with two attached hydrogens (primary N) is 1. The molecule has 3 N–H and O–H groups in total. The molecule has 0 unspecified atom stereocenters. The zero-order valence-corrected chi connectivity index (χ0v) is 14.9. The molecule has 1 aromatic carbocycles. The minimum absolute atomic E-state index is 0.0364. The van der Waals surface area contributed by atoms with E-state index in [1.807, 2.05) is 6.07 Å². The number of carbonyl (C=O) groups excluding carboxylic acids is 1. The molecule has 0 aromatic heterocycles. The van der Waals surface area contributed by atoms with Crippen LogP contribution in [-0.2, 0) is 4.79 Å². The van der Waals surface area contributed by atoms with E-state index < -0.39 is 0 Å². The van der Waals surface area contributed by atoms with E-state index in [1.165, 1.54) is 13.3 Å². The number of hydrogen-bond donors (Lipinski definition) is 2. The third kappa shape index (κ3) is 5.10. The number of methoxy groups -OCH3 is 1. The molecule has 1 heterocycles. The predicted molar refractivity (Wildman–Crippen MR) is 97.4 cm³/mol. The number of rotatable bonds is 6. The molecule has 1 saturated heterocycles. The van der Waals surface area contributed by atoms with Gasteiger partial charge in [-0.25, -0.2) is 0 Å². The van der Waals surface area contributed by atoms with Gasteiger partial charge in [-0.15, -0.1) is 0 Å². The number of benzene rings is 1. The second-order valence-electron chi connectivity index (χ2n) is 5.58. The Balaban J connectivity index is 2.04. The second-order valence-corrected chi connectivity index (χ2v) is 6.02. The number of ether oxygens (including phenoxy) is 1. The van der Waals surface area contributed by atoms with Crippen LogP contribution in [0, 0.1) is 11.3 Å². The van der Waals surface area contributed by atoms with Gasteiger partial charge in [-0.3, -0.25) is 9.69 Å². The molecule has 0 saturated carbocycles. The third-order valence-electron chi connectivity index (χ3n) is 3.99. The molecule has 2 rings (SSSR count). The Kier molecular flexibility index (Phi) is 7.07. The standard InChI is InChI=1S/C17H22ClN5O2/c1-25-16-3-2-14(18)10-15(16)21-12-13(11-20)17(24)23-8-6-22(5-4-19)7-9-23/h2-3,10,12,21H,4-9,19H2,1H3/b13-12-. The number of nitrogens with zero attached hydrogens (tertiary/aromatic N) is 3. The molecule has 25 heavy (non-hydrogen) atoms. The fraction of sp³-hybridized carbons (Fsp3) is 0.412. The molecule has 0 atom stereocenters. The van der Waals surface area contributed by atoms with Gasteiger partial charge < -0.3 is 20.7 Å². The number of halogens is 1. The summed E-state index contributed by atoms with van der Waals surface area (Å²) in [4.78, 5) is 16.4. The van der Waals surface area contributed by atoms with Crippen molar-refractivity contribution in [3.63, 3.8) is 0 Å². The van der Waals surface area contributed by atoms with Crippen LogP contribution in [0.3, 0.4) is 0 Å². The van der Waals surface area contributed by atoms with Crippen LogP contribution in [0.1, 0.15) is 0 Å². The summed E-state index contributed by atoms with van der Waals surface area (Å²) in [6.45, 7) is 4.10. The Bertz CT molecular complexity index is 678. The van der Waals surface area contributed by atoms with Crippen molar-refractivity contribution >= 4 is 23.2 Å². The van der Waals surface area contributed by atoms with Crippen LogP contribution >= 0.6 is 11.6 Å². The van der Waals surface area contributed by atoms with Gasteiger partial charge in [0.05, 0.1) is 12.8 Å². The molecule has 1 aliphatic rings. The summed E-state index contributed by atoms with van der Waals surface area (Å²) in [5, 5.41) is 12.8. The second kappa shape index (κ2) is 9.28. The molecule has 0 radical (unpaired) electrons. The molecule has 0 spiro atoms. The predicted octanol–water partition coefficient (Wildman–Crippen LogP) is 1.27. The Morgan fingerprint density at radius 3 is 2.76 bits per heavy atom. The van der Waals surface area contributed by atoms with Crippen LogP contribution in [0.2, 0.25) is 5.02 Å². The minimum Gasteiger partial charge on any atom is -0.495 e. The zero-order chi connectivity index (χ0) is 18.2. The number of piperazine rings is 1. The molecule has 1 aliphatic heterocycles. The van der Waals surface area contributed by atoms with Crippen LogP contribution in [0.5, 0.6) is 5.75 Å². The largest absolute Gasteiger partial charge is 0.495 e. The highest BCUT2D eigenvalue weighted by Gasteiger charge is 2.23. The lowest BCUT2D eigenvalue weighted by molar-refractivity contribution is -0.128. The first kappa shape index (κ1) is 19.1. The van der Waals surface area contributed by atoms with Gasteiger partial charge in [-0.2, -0.15) is 5.26 Å². The highest BCUT2D eigenvalue weighted by atomic mass is 35.5. The Morgan fingerprint density at radius 2 is 2.16 bits per heavy atom. The number of nitriles is 1. The molecule has 0 bridgehead atoms. The minimum atomic E-state index is -0.289. The summed E-state index contributed by atoms with van der Waals surface area (Å²) in [6, 6.07) is 7.04. The van der Waals surface area contributed by atoms with Crippen molar-refractivity contribution in [2.75, 3.05) is 51.7 Å². The lowest BCUT2D eigenvalue weighted by Crippen LogP contribution is -2.50. The van der Waals surface area contributed by atoms with Crippen molar-refractivity contribution in [1.82, 2.24) is 9.80 Å². The van der Waals surface area contributed by atoms with Gasteiger partial charge in [0.2, 0.25) is 0 Å². The van der Waals surface area contributed by atoms with Gasteiger partial charge in [-0.1, -0.05) is 11.6 Å². The van der Waals surface area contributed by atoms with Crippen molar-refractivity contribution in [1.29, 1.82) is 5.26 Å². The van der Waals surface area contributed by atoms with Crippen molar-refractivity contribution in [3.8, 4) is 11.8 Å². The average Bonchev–Trinajstić information content (AvgIpc) is 2.63. The van der Waals surface area contributed by atoms with Crippen LogP contribution in [-0.4, -0.2) is 62.1 Å². The van der Waals surface area contributed by atoms with E-state index in [4.69, 9.17) is 22.1 Å². The number of amides is 1. The number of carbonyl (C=O) groups is 1. The summed E-state index contributed by atoms with van der Waals surface area (Å²) in [7, 11) is 1.54. The highest BCUT2D eigenvalue weighted by molar-refractivity contribution is 6.30. The summed E-state index contributed by atoms with van der Waals surface area (Å²) in [5.74, 6) is 0.282. The van der Waals surface area contributed by atoms with Crippen LogP contribution in [0.15, 0.2) is 30.0 Å². The molecule has 1 amide bonds. The molecular formula is C17H22ClN5O2. The lowest BCUT2D eigenvalue weighted by Gasteiger charge is -2.34. The molecule has 134 valence electrons. The van der Waals surface area contributed by atoms with Crippen molar-refractivity contribution < 1.29 is 9.53 Å². The first-order chi connectivity index (χ1) is 12.1. The van der Waals surface area contributed by atoms with E-state index in [0.29, 0.717) is 36.1 Å². The maximum atomic E-state index is 12.5. The van der Waals surface area contributed by atoms with Gasteiger partial charge in [-0.05, 0) is 18.2 Å². The van der Waals surface area contributed by atoms with Gasteiger partial charge in [0, 0.05) is 50.5 Å². The normalized spacial score (nSPS) is 15.6. The van der Waals surface area contributed by atoms with Crippen molar-refractivity contribution in [2.24, 2.45) is 5.73 Å². The smallest absolute Gasteiger partial charge is 0.266 e. The number of anilines is 1. The zero-order valence-electron chi connectivity index (χ0n) is 14.2. The average molecular weight is 364 g/mol. The maximum absolute atomic E-state index is 12.5. The molecule has 7 nitrogen and oxygen atoms in total. The Labute approximate surface area is 152 Å². The van der Waals surface area contributed by atoms with Gasteiger partial charge in [0.15, 0.2) is 0 Å². The van der Waals surface area contributed by atoms with Gasteiger partial charge in [0.25, 0.3) is 5.91 Å². The quantitative estimate of drug-likeness (QED) is 0.584. The van der Waals surface area contributed by atoms with Crippen LogP contribution in [0.4, 0.5) is 5.69 Å². The van der Waals surface area contributed by atoms with E-state index in [1.54, 1.807) is 23.1 Å². The summed E-state index contributed by atoms with van der Waals surface area (Å²) < 4.78 is 5.23. The van der Waals surface area contributed by atoms with Crippen LogP contribution < -0.4 is 15.8 Å². The lowest BCUT2D eigenvalue weighted by atomic mass is 10.2. The molecule has 8 heteroatoms. The van der Waals surface area contributed by atoms with Gasteiger partial charge >= 0.3 is 0 Å². The van der Waals surface area contributed by atoms with Crippen LogP contribution in [0.25, 0.3) is 0 Å². The monoisotopic (exact) mass is 363 g/mol. The molecule has 1 fully saturated rings. The molecule has 1 aromatic rings. The summed E-state index contributed by atoms with van der Waals surface area (Å²) >= 11 is 5.98. The maximum Gasteiger partial charge on any atom is 0.266 e. The fourth-order valence-corrected chi connectivity index (χ4v) is 2.78. The SMILES string of the molecule is COc1ccc(Cl)cc1N/C=C(/C#N)C(=O)N1CCN(CCN)CC1. The topological polar surface area (TPSA) is 94.6 Å². The van der Waals surface area contributed by atoms with E-state index in [9.17, 15) is 10.1 Å². The first-order valence-corrected chi connectivity index (χ1v) is 8.39. The summed E-state index contributed by atoms with van der Waals surface area (Å²) in [6.07, 6.45) is 1.39. The number of hydrogen-bond acceptors (Lipinski definition) is 6. The molecular weight excluding hydrogens is 342 g/mol. The van der Waals surface area contributed by atoms with Crippen molar-refractivity contribution in [2.45, 2.75) is 0 Å². The summed E-state index contributed by atoms with van der Waals surface area (Å²) in [5.41, 5.74) is 6.17. The van der Waals surface area contributed by atoms with Crippen molar-refractivity contribution in [3.05, 3.63) is 35.0 Å². The van der Waals surface area contributed by atoms with E-state index in [0.717, 1.165) is 19.6 Å². The Hall–Kier alpha value is -2.27. The highest BCUT2D eigenvalue weighted by Crippen LogP contribution is 2.27. The Morgan fingerprint density at radius 1 is 1.44 bits per heavy atom. The first-order valence-electron chi connectivity index (χ1n) is 8.01. The van der Waals surface area contributed by atoms with E-state index in [2.05, 4.69) is 10.2 Å². The fourth-order valence-electron chi connectivity index (χ4n) is 2.61. The van der Waals surface area contributed by atoms with E-state index >= 15 is 0 Å². The van der Waals surface area contributed by atoms with E-state index in [-0.39, 0.29) is 11.5 Å². The third-order valence-corrected chi connectivity index (χ3v) is 4.22. The number of nitrogens with one attached hydrogen (secondary N) is 1. The van der Waals surface area contributed by atoms with Gasteiger partial charge in [0.1, 0.15) is 17.4 Å².